The number of benzene rings is 3. The summed E-state index contributed by atoms with van der Waals surface area (Å²) in [6, 6.07) is 27.9. The molecule has 0 aliphatic heterocycles. The van der Waals surface area contributed by atoms with Gasteiger partial charge < -0.3 is 4.57 Å². The van der Waals surface area contributed by atoms with E-state index >= 15 is 0 Å². The number of nitrogens with zero attached hydrogens (tertiary/aromatic N) is 2. The second-order valence-electron chi connectivity index (χ2n) is 7.04. The maximum atomic E-state index is 4.75. The Bertz CT molecular complexity index is 1280. The summed E-state index contributed by atoms with van der Waals surface area (Å²) < 4.78 is 2.36. The van der Waals surface area contributed by atoms with E-state index < -0.39 is 0 Å². The van der Waals surface area contributed by atoms with Crippen molar-refractivity contribution in [3.63, 3.8) is 0 Å². The second-order valence-corrected chi connectivity index (χ2v) is 7.04. The van der Waals surface area contributed by atoms with Crippen LogP contribution >= 0.6 is 0 Å². The highest BCUT2D eigenvalue weighted by Gasteiger charge is 2.16. The average Bonchev–Trinajstić information content (AvgIpc) is 3.05. The van der Waals surface area contributed by atoms with E-state index in [1.807, 2.05) is 6.20 Å². The summed E-state index contributed by atoms with van der Waals surface area (Å²) in [7, 11) is 0. The molecule has 0 spiro atoms. The van der Waals surface area contributed by atoms with E-state index in [0.29, 0.717) is 0 Å². The van der Waals surface area contributed by atoms with Crippen molar-refractivity contribution in [3.05, 3.63) is 96.2 Å². The van der Waals surface area contributed by atoms with Gasteiger partial charge in [-0.25, -0.2) is 0 Å². The SMILES string of the molecule is Cc1cnc(-c2cccc3c4ccccc4n(-c4ccccc4)c23)cc1C. The number of aryl methyl sites for hydroxylation is 2. The fourth-order valence-electron chi connectivity index (χ4n) is 3.84. The zero-order valence-corrected chi connectivity index (χ0v) is 15.5. The number of hydrogen-bond acceptors (Lipinski definition) is 1. The molecule has 0 aliphatic carbocycles. The molecule has 5 rings (SSSR count). The summed E-state index contributed by atoms with van der Waals surface area (Å²) in [5.74, 6) is 0. The van der Waals surface area contributed by atoms with Crippen LogP contribution in [0.15, 0.2) is 85.1 Å². The van der Waals surface area contributed by atoms with E-state index in [2.05, 4.69) is 97.3 Å². The third kappa shape index (κ3) is 2.45. The molecule has 3 aromatic carbocycles. The van der Waals surface area contributed by atoms with Gasteiger partial charge in [0.25, 0.3) is 0 Å². The molecule has 2 nitrogen and oxygen atoms in total. The van der Waals surface area contributed by atoms with Crippen molar-refractivity contribution in [2.45, 2.75) is 13.8 Å². The molecule has 0 atom stereocenters. The highest BCUT2D eigenvalue weighted by molar-refractivity contribution is 6.13. The average molecular weight is 348 g/mol. The predicted octanol–water partition coefficient (Wildman–Crippen LogP) is 6.46. The molecule has 0 amide bonds. The molecule has 2 heterocycles. The number of rotatable bonds is 2. The fraction of sp³-hybridized carbons (Fsp3) is 0.0800. The summed E-state index contributed by atoms with van der Waals surface area (Å²) in [5.41, 5.74) is 8.25. The monoisotopic (exact) mass is 348 g/mol. The van der Waals surface area contributed by atoms with Gasteiger partial charge >= 0.3 is 0 Å². The maximum Gasteiger partial charge on any atom is 0.0726 e. The lowest BCUT2D eigenvalue weighted by atomic mass is 10.0. The minimum Gasteiger partial charge on any atom is -0.309 e. The van der Waals surface area contributed by atoms with Gasteiger partial charge in [0.05, 0.1) is 16.7 Å². The first-order valence-electron chi connectivity index (χ1n) is 9.25. The molecule has 0 saturated heterocycles. The Morgan fingerprint density at radius 2 is 1.44 bits per heavy atom. The molecular formula is C25H20N2. The number of aromatic nitrogens is 2. The molecule has 2 heteroatoms. The van der Waals surface area contributed by atoms with Crippen LogP contribution < -0.4 is 0 Å². The van der Waals surface area contributed by atoms with E-state index in [4.69, 9.17) is 4.98 Å². The Morgan fingerprint density at radius 3 is 2.26 bits per heavy atom. The van der Waals surface area contributed by atoms with Gasteiger partial charge in [-0.1, -0.05) is 54.6 Å². The first-order valence-corrected chi connectivity index (χ1v) is 9.25. The standard InChI is InChI=1S/C25H20N2/c1-17-15-23(26-16-18(17)2)22-13-8-12-21-20-11-6-7-14-24(20)27(25(21)22)19-9-4-3-5-10-19/h3-16H,1-2H3. The van der Waals surface area contributed by atoms with Crippen LogP contribution in [0.1, 0.15) is 11.1 Å². The molecule has 0 aliphatic rings. The first kappa shape index (κ1) is 15.8. The smallest absolute Gasteiger partial charge is 0.0726 e. The Hall–Kier alpha value is -3.39. The van der Waals surface area contributed by atoms with Crippen molar-refractivity contribution in [2.24, 2.45) is 0 Å². The third-order valence-electron chi connectivity index (χ3n) is 5.36. The van der Waals surface area contributed by atoms with E-state index in [-0.39, 0.29) is 0 Å². The van der Waals surface area contributed by atoms with Crippen LogP contribution in [-0.2, 0) is 0 Å². The summed E-state index contributed by atoms with van der Waals surface area (Å²) >= 11 is 0. The predicted molar refractivity (Wildman–Crippen MR) is 113 cm³/mol. The number of hydrogen-bond donors (Lipinski definition) is 0. The molecule has 0 radical (unpaired) electrons. The minimum atomic E-state index is 1.02. The summed E-state index contributed by atoms with van der Waals surface area (Å²) in [6.07, 6.45) is 1.97. The van der Waals surface area contributed by atoms with Crippen LogP contribution in [0, 0.1) is 13.8 Å². The molecule has 5 aromatic rings. The zero-order valence-electron chi connectivity index (χ0n) is 15.5. The van der Waals surface area contributed by atoms with Crippen LogP contribution in [0.25, 0.3) is 38.8 Å². The summed E-state index contributed by atoms with van der Waals surface area (Å²) in [4.78, 5) is 4.75. The molecule has 0 bridgehead atoms. The van der Waals surface area contributed by atoms with Gasteiger partial charge in [-0.2, -0.15) is 0 Å². The highest BCUT2D eigenvalue weighted by atomic mass is 15.0. The summed E-state index contributed by atoms with van der Waals surface area (Å²) in [5, 5.41) is 2.52. The van der Waals surface area contributed by atoms with Gasteiger partial charge in [0.15, 0.2) is 0 Å². The second kappa shape index (κ2) is 6.10. The van der Waals surface area contributed by atoms with Crippen LogP contribution in [-0.4, -0.2) is 9.55 Å². The molecule has 2 aromatic heterocycles. The lowest BCUT2D eigenvalue weighted by Gasteiger charge is -2.12. The fourth-order valence-corrected chi connectivity index (χ4v) is 3.84. The van der Waals surface area contributed by atoms with Crippen molar-refractivity contribution >= 4 is 21.8 Å². The van der Waals surface area contributed by atoms with Crippen LogP contribution in [0.4, 0.5) is 0 Å². The molecule has 0 fully saturated rings. The van der Waals surface area contributed by atoms with Crippen LogP contribution in [0.2, 0.25) is 0 Å². The number of pyridine rings is 1. The lowest BCUT2D eigenvalue weighted by Crippen LogP contribution is -1.96. The van der Waals surface area contributed by atoms with Crippen molar-refractivity contribution in [1.82, 2.24) is 9.55 Å². The Labute approximate surface area is 158 Å². The summed E-state index contributed by atoms with van der Waals surface area (Å²) in [6.45, 7) is 4.25. The van der Waals surface area contributed by atoms with Crippen molar-refractivity contribution in [1.29, 1.82) is 0 Å². The molecule has 0 saturated carbocycles. The third-order valence-corrected chi connectivity index (χ3v) is 5.36. The molecule has 27 heavy (non-hydrogen) atoms. The topological polar surface area (TPSA) is 17.8 Å². The van der Waals surface area contributed by atoms with Crippen molar-refractivity contribution in [3.8, 4) is 16.9 Å². The number of fused-ring (bicyclic) bond motifs is 3. The van der Waals surface area contributed by atoms with Gasteiger partial charge in [-0.3, -0.25) is 4.98 Å². The quantitative estimate of drug-likeness (QED) is 0.358. The Balaban J connectivity index is 1.95. The van der Waals surface area contributed by atoms with Crippen molar-refractivity contribution in [2.75, 3.05) is 0 Å². The minimum absolute atomic E-state index is 1.02. The van der Waals surface area contributed by atoms with E-state index in [9.17, 15) is 0 Å². The molecular weight excluding hydrogens is 328 g/mol. The first-order chi connectivity index (χ1) is 13.2. The van der Waals surface area contributed by atoms with Crippen LogP contribution in [0.3, 0.4) is 0 Å². The van der Waals surface area contributed by atoms with Crippen LogP contribution in [0.5, 0.6) is 0 Å². The normalized spacial score (nSPS) is 11.3. The molecule has 0 N–H and O–H groups in total. The number of para-hydroxylation sites is 3. The maximum absolute atomic E-state index is 4.75. The molecule has 0 unspecified atom stereocenters. The highest BCUT2D eigenvalue weighted by Crippen LogP contribution is 2.37. The van der Waals surface area contributed by atoms with Gasteiger partial charge in [-0.15, -0.1) is 0 Å². The van der Waals surface area contributed by atoms with E-state index in [1.54, 1.807) is 0 Å². The zero-order chi connectivity index (χ0) is 18.4. The van der Waals surface area contributed by atoms with E-state index in [0.717, 1.165) is 11.3 Å². The van der Waals surface area contributed by atoms with Crippen molar-refractivity contribution < 1.29 is 0 Å². The largest absolute Gasteiger partial charge is 0.309 e. The van der Waals surface area contributed by atoms with Gasteiger partial charge in [-0.05, 0) is 49.2 Å². The van der Waals surface area contributed by atoms with Gasteiger partial charge in [0.2, 0.25) is 0 Å². The van der Waals surface area contributed by atoms with Gasteiger partial charge in [0, 0.05) is 28.2 Å². The Morgan fingerprint density at radius 1 is 0.704 bits per heavy atom. The van der Waals surface area contributed by atoms with Gasteiger partial charge in [0.1, 0.15) is 0 Å². The lowest BCUT2D eigenvalue weighted by molar-refractivity contribution is 1.17. The van der Waals surface area contributed by atoms with E-state index in [1.165, 1.54) is 38.6 Å². The molecule has 130 valence electrons. The Kier molecular flexibility index (Phi) is 3.58.